The predicted molar refractivity (Wildman–Crippen MR) is 98.5 cm³/mol. The van der Waals surface area contributed by atoms with Crippen molar-refractivity contribution in [1.29, 1.82) is 0 Å². The van der Waals surface area contributed by atoms with E-state index < -0.39 is 15.9 Å². The molecule has 1 saturated heterocycles. The minimum atomic E-state index is -3.64. The smallest absolute Gasteiger partial charge is 0.251 e. The number of nitrogens with one attached hydrogen (secondary N) is 1. The molecule has 0 unspecified atom stereocenters. The van der Waals surface area contributed by atoms with Crippen LogP contribution in [0.15, 0.2) is 23.1 Å². The summed E-state index contributed by atoms with van der Waals surface area (Å²) in [6.45, 7) is 4.47. The third-order valence-corrected chi connectivity index (χ3v) is 6.42. The summed E-state index contributed by atoms with van der Waals surface area (Å²) < 4.78 is 25.8. The van der Waals surface area contributed by atoms with Crippen LogP contribution in [-0.4, -0.2) is 88.2 Å². The fraction of sp³-hybridized carbons (Fsp3) is 0.529. The van der Waals surface area contributed by atoms with E-state index in [9.17, 15) is 18.0 Å². The molecule has 0 aromatic heterocycles. The Balaban J connectivity index is 2.05. The van der Waals surface area contributed by atoms with Crippen molar-refractivity contribution in [3.63, 3.8) is 0 Å². The molecule has 1 aromatic rings. The molecule has 9 heteroatoms. The monoisotopic (exact) mass is 382 g/mol. The van der Waals surface area contributed by atoms with Crippen molar-refractivity contribution in [1.82, 2.24) is 19.4 Å². The summed E-state index contributed by atoms with van der Waals surface area (Å²) >= 11 is 0. The van der Waals surface area contributed by atoms with E-state index in [1.165, 1.54) is 20.2 Å². The summed E-state index contributed by atoms with van der Waals surface area (Å²) in [5, 5.41) is 2.58. The van der Waals surface area contributed by atoms with Gasteiger partial charge in [-0.2, -0.15) is 0 Å². The molecule has 1 aliphatic rings. The number of likely N-dealkylation sites (N-methyl/N-ethyl adjacent to an activating group) is 1. The predicted octanol–water partition coefficient (Wildman–Crippen LogP) is -0.251. The first kappa shape index (κ1) is 20.3. The van der Waals surface area contributed by atoms with Gasteiger partial charge in [0.25, 0.3) is 5.91 Å². The number of benzene rings is 1. The van der Waals surface area contributed by atoms with Crippen molar-refractivity contribution in [2.24, 2.45) is 0 Å². The molecule has 0 saturated carbocycles. The van der Waals surface area contributed by atoms with Gasteiger partial charge >= 0.3 is 0 Å². The molecule has 1 heterocycles. The van der Waals surface area contributed by atoms with Crippen LogP contribution in [0.1, 0.15) is 15.9 Å². The van der Waals surface area contributed by atoms with Gasteiger partial charge in [0, 0.05) is 45.8 Å². The summed E-state index contributed by atoms with van der Waals surface area (Å²) in [5.41, 5.74) is 0.769. The topological polar surface area (TPSA) is 90.0 Å². The second-order valence-corrected chi connectivity index (χ2v) is 8.75. The Morgan fingerprint density at radius 3 is 2.35 bits per heavy atom. The largest absolute Gasteiger partial charge is 0.343 e. The van der Waals surface area contributed by atoms with Crippen molar-refractivity contribution < 1.29 is 18.0 Å². The summed E-state index contributed by atoms with van der Waals surface area (Å²) in [4.78, 5) is 28.5. The molecule has 144 valence electrons. The lowest BCUT2D eigenvalue weighted by Crippen LogP contribution is -2.50. The molecule has 2 rings (SSSR count). The van der Waals surface area contributed by atoms with Gasteiger partial charge < -0.3 is 15.1 Å². The van der Waals surface area contributed by atoms with Crippen LogP contribution in [0.25, 0.3) is 0 Å². The fourth-order valence-corrected chi connectivity index (χ4v) is 3.79. The van der Waals surface area contributed by atoms with Crippen LogP contribution in [0, 0.1) is 6.92 Å². The summed E-state index contributed by atoms with van der Waals surface area (Å²) in [6, 6.07) is 4.49. The maximum Gasteiger partial charge on any atom is 0.251 e. The Bertz CT molecular complexity index is 784. The number of carbonyl (C=O) groups is 2. The first-order valence-electron chi connectivity index (χ1n) is 8.40. The lowest BCUT2D eigenvalue weighted by atomic mass is 10.1. The van der Waals surface area contributed by atoms with E-state index in [1.807, 2.05) is 7.05 Å². The normalized spacial score (nSPS) is 16.0. The zero-order valence-electron chi connectivity index (χ0n) is 15.7. The molecule has 0 radical (unpaired) electrons. The summed E-state index contributed by atoms with van der Waals surface area (Å²) in [6.07, 6.45) is 0. The molecule has 1 fully saturated rings. The SMILES string of the molecule is Cc1ccc(C(=O)NCC(=O)N2CCN(C)CC2)cc1S(=O)(=O)N(C)C. The van der Waals surface area contributed by atoms with Gasteiger partial charge in [-0.1, -0.05) is 6.07 Å². The van der Waals surface area contributed by atoms with E-state index in [0.29, 0.717) is 18.7 Å². The Hall–Kier alpha value is -1.97. The number of hydrogen-bond donors (Lipinski definition) is 1. The molecule has 8 nitrogen and oxygen atoms in total. The van der Waals surface area contributed by atoms with Crippen LogP contribution in [-0.2, 0) is 14.8 Å². The third kappa shape index (κ3) is 4.60. The Labute approximate surface area is 154 Å². The number of rotatable bonds is 5. The van der Waals surface area contributed by atoms with E-state index in [1.54, 1.807) is 24.0 Å². The quantitative estimate of drug-likeness (QED) is 0.758. The second kappa shape index (κ2) is 8.15. The van der Waals surface area contributed by atoms with Gasteiger partial charge in [0.15, 0.2) is 0 Å². The van der Waals surface area contributed by atoms with Crippen molar-refractivity contribution in [2.45, 2.75) is 11.8 Å². The average molecular weight is 382 g/mol. The highest BCUT2D eigenvalue weighted by Crippen LogP contribution is 2.19. The van der Waals surface area contributed by atoms with Gasteiger partial charge in [-0.3, -0.25) is 9.59 Å². The van der Waals surface area contributed by atoms with E-state index in [2.05, 4.69) is 10.2 Å². The lowest BCUT2D eigenvalue weighted by molar-refractivity contribution is -0.131. The van der Waals surface area contributed by atoms with Gasteiger partial charge in [-0.05, 0) is 31.7 Å². The molecular formula is C17H26N4O4S. The van der Waals surface area contributed by atoms with E-state index in [0.717, 1.165) is 17.4 Å². The van der Waals surface area contributed by atoms with Gasteiger partial charge in [0.1, 0.15) is 0 Å². The van der Waals surface area contributed by atoms with Gasteiger partial charge in [0.2, 0.25) is 15.9 Å². The molecule has 0 atom stereocenters. The van der Waals surface area contributed by atoms with Crippen LogP contribution >= 0.6 is 0 Å². The fourth-order valence-electron chi connectivity index (χ4n) is 2.64. The molecule has 0 aliphatic carbocycles. The highest BCUT2D eigenvalue weighted by atomic mass is 32.2. The van der Waals surface area contributed by atoms with E-state index in [4.69, 9.17) is 0 Å². The van der Waals surface area contributed by atoms with E-state index in [-0.39, 0.29) is 22.9 Å². The standard InChI is InChI=1S/C17H26N4O4S/c1-13-5-6-14(11-15(13)26(24,25)19(2)3)17(23)18-12-16(22)21-9-7-20(4)8-10-21/h5-6,11H,7-10,12H2,1-4H3,(H,18,23). The van der Waals surface area contributed by atoms with Gasteiger partial charge in [-0.15, -0.1) is 0 Å². The molecule has 1 aromatic carbocycles. The average Bonchev–Trinajstić information content (AvgIpc) is 2.60. The van der Waals surface area contributed by atoms with E-state index >= 15 is 0 Å². The lowest BCUT2D eigenvalue weighted by Gasteiger charge is -2.32. The van der Waals surface area contributed by atoms with Crippen molar-refractivity contribution >= 4 is 21.8 Å². The van der Waals surface area contributed by atoms with Crippen LogP contribution in [0.2, 0.25) is 0 Å². The van der Waals surface area contributed by atoms with Crippen LogP contribution < -0.4 is 5.32 Å². The number of piperazine rings is 1. The molecule has 1 N–H and O–H groups in total. The molecular weight excluding hydrogens is 356 g/mol. The Kier molecular flexibility index (Phi) is 6.38. The Morgan fingerprint density at radius 1 is 1.15 bits per heavy atom. The van der Waals surface area contributed by atoms with Crippen LogP contribution in [0.4, 0.5) is 0 Å². The first-order valence-corrected chi connectivity index (χ1v) is 9.84. The summed E-state index contributed by atoms with van der Waals surface area (Å²) in [5.74, 6) is -0.609. The molecule has 0 bridgehead atoms. The van der Waals surface area contributed by atoms with Gasteiger partial charge in [0.05, 0.1) is 11.4 Å². The number of hydrogen-bond acceptors (Lipinski definition) is 5. The third-order valence-electron chi connectivity index (χ3n) is 4.47. The second-order valence-electron chi connectivity index (χ2n) is 6.63. The minimum Gasteiger partial charge on any atom is -0.343 e. The maximum absolute atomic E-state index is 12.4. The van der Waals surface area contributed by atoms with Crippen LogP contribution in [0.5, 0.6) is 0 Å². The van der Waals surface area contributed by atoms with Crippen molar-refractivity contribution in [2.75, 3.05) is 53.9 Å². The number of nitrogens with zero attached hydrogens (tertiary/aromatic N) is 3. The van der Waals surface area contributed by atoms with Crippen molar-refractivity contribution in [3.8, 4) is 0 Å². The van der Waals surface area contributed by atoms with Crippen molar-refractivity contribution in [3.05, 3.63) is 29.3 Å². The number of carbonyl (C=O) groups excluding carboxylic acids is 2. The molecule has 1 aliphatic heterocycles. The maximum atomic E-state index is 12.4. The summed E-state index contributed by atoms with van der Waals surface area (Å²) in [7, 11) is 1.24. The number of aryl methyl sites for hydroxylation is 1. The zero-order valence-corrected chi connectivity index (χ0v) is 16.5. The highest BCUT2D eigenvalue weighted by Gasteiger charge is 2.22. The zero-order chi connectivity index (χ0) is 19.5. The minimum absolute atomic E-state index is 0.0838. The molecule has 26 heavy (non-hydrogen) atoms. The van der Waals surface area contributed by atoms with Crippen LogP contribution in [0.3, 0.4) is 0 Å². The highest BCUT2D eigenvalue weighted by molar-refractivity contribution is 7.89. The molecule has 2 amide bonds. The Morgan fingerprint density at radius 2 is 1.77 bits per heavy atom. The molecule has 0 spiro atoms. The number of sulfonamides is 1. The first-order chi connectivity index (χ1) is 12.1. The van der Waals surface area contributed by atoms with Gasteiger partial charge in [-0.25, -0.2) is 12.7 Å². The number of amides is 2.